The van der Waals surface area contributed by atoms with Gasteiger partial charge in [0.15, 0.2) is 0 Å². The minimum Gasteiger partial charge on any atom is -0.359 e. The minimum absolute atomic E-state index is 0.114. The molecule has 0 unspecified atom stereocenters. The lowest BCUT2D eigenvalue weighted by Gasteiger charge is -2.34. The number of hydrogen-bond donors (Lipinski definition) is 2. The molecule has 5 heteroatoms. The number of anilines is 2. The first-order valence-electron chi connectivity index (χ1n) is 8.42. The van der Waals surface area contributed by atoms with Gasteiger partial charge in [-0.15, -0.1) is 0 Å². The molecule has 4 nitrogen and oxygen atoms in total. The lowest BCUT2D eigenvalue weighted by molar-refractivity contribution is -0.898. The number of carbonyl (C=O) groups is 1. The molecule has 3 rings (SSSR count). The molecule has 0 aromatic heterocycles. The molecular weight excluding hydrogens is 322 g/mol. The molecule has 126 valence electrons. The topological polar surface area (TPSA) is 36.8 Å². The van der Waals surface area contributed by atoms with Crippen molar-refractivity contribution in [3.05, 3.63) is 59.1 Å². The smallest absolute Gasteiger partial charge is 0.255 e. The summed E-state index contributed by atoms with van der Waals surface area (Å²) in [7, 11) is 0. The van der Waals surface area contributed by atoms with Gasteiger partial charge in [-0.3, -0.25) is 4.79 Å². The van der Waals surface area contributed by atoms with E-state index < -0.39 is 0 Å². The van der Waals surface area contributed by atoms with Gasteiger partial charge in [-0.1, -0.05) is 29.8 Å². The van der Waals surface area contributed by atoms with Gasteiger partial charge in [-0.05, 0) is 37.3 Å². The molecule has 0 saturated carbocycles. The van der Waals surface area contributed by atoms with Crippen LogP contribution in [0.1, 0.15) is 17.3 Å². The number of quaternary nitrogens is 1. The van der Waals surface area contributed by atoms with Crippen LogP contribution in [-0.2, 0) is 0 Å². The highest BCUT2D eigenvalue weighted by molar-refractivity contribution is 6.31. The summed E-state index contributed by atoms with van der Waals surface area (Å²) in [6.45, 7) is 7.58. The molecule has 1 heterocycles. The molecule has 2 N–H and O–H groups in total. The fourth-order valence-corrected chi connectivity index (χ4v) is 3.26. The van der Waals surface area contributed by atoms with Crippen molar-refractivity contribution in [1.82, 2.24) is 0 Å². The monoisotopic (exact) mass is 344 g/mol. The van der Waals surface area contributed by atoms with E-state index in [0.717, 1.165) is 44.1 Å². The predicted octanol–water partition coefficient (Wildman–Crippen LogP) is 2.32. The second-order valence-electron chi connectivity index (χ2n) is 6.07. The summed E-state index contributed by atoms with van der Waals surface area (Å²) in [6, 6.07) is 15.0. The molecule has 2 aromatic carbocycles. The van der Waals surface area contributed by atoms with Crippen LogP contribution in [0.5, 0.6) is 0 Å². The number of halogens is 1. The zero-order chi connectivity index (χ0) is 16.9. The van der Waals surface area contributed by atoms with Gasteiger partial charge in [-0.25, -0.2) is 0 Å². The molecule has 0 bridgehead atoms. The predicted molar refractivity (Wildman–Crippen MR) is 99.3 cm³/mol. The van der Waals surface area contributed by atoms with Crippen LogP contribution in [0.15, 0.2) is 48.5 Å². The summed E-state index contributed by atoms with van der Waals surface area (Å²) >= 11 is 6.16. The first kappa shape index (κ1) is 16.8. The molecule has 1 aliphatic rings. The largest absolute Gasteiger partial charge is 0.359 e. The van der Waals surface area contributed by atoms with Gasteiger partial charge in [0.25, 0.3) is 5.91 Å². The molecule has 0 radical (unpaired) electrons. The van der Waals surface area contributed by atoms with E-state index in [1.165, 1.54) is 0 Å². The number of nitrogens with zero attached hydrogens (tertiary/aromatic N) is 1. The molecule has 0 spiro atoms. The number of carbonyl (C=O) groups excluding carboxylic acids is 1. The van der Waals surface area contributed by atoms with Gasteiger partial charge in [-0.2, -0.15) is 0 Å². The fraction of sp³-hybridized carbons (Fsp3) is 0.316. The van der Waals surface area contributed by atoms with E-state index in [0.29, 0.717) is 10.6 Å². The van der Waals surface area contributed by atoms with Gasteiger partial charge in [0.2, 0.25) is 0 Å². The standard InChI is InChI=1S/C19H22ClN3O/c1-2-22-10-12-23(13-11-22)18-9-8-16(20)14-17(18)21-19(24)15-6-4-3-5-7-15/h3-9,14H,2,10-13H2,1H3,(H,21,24)/p+1. The van der Waals surface area contributed by atoms with E-state index in [-0.39, 0.29) is 5.91 Å². The number of piperazine rings is 1. The average Bonchev–Trinajstić information content (AvgIpc) is 2.63. The SMILES string of the molecule is CC[NH+]1CCN(c2ccc(Cl)cc2NC(=O)c2ccccc2)CC1. The summed E-state index contributed by atoms with van der Waals surface area (Å²) in [5, 5.41) is 3.64. The highest BCUT2D eigenvalue weighted by atomic mass is 35.5. The van der Waals surface area contributed by atoms with Gasteiger partial charge in [0.1, 0.15) is 0 Å². The van der Waals surface area contributed by atoms with Gasteiger partial charge >= 0.3 is 0 Å². The second-order valence-corrected chi connectivity index (χ2v) is 6.51. The Morgan fingerprint density at radius 2 is 1.88 bits per heavy atom. The van der Waals surface area contributed by atoms with Crippen molar-refractivity contribution in [2.24, 2.45) is 0 Å². The number of likely N-dealkylation sites (N-methyl/N-ethyl adjacent to an activating group) is 1. The Bertz CT molecular complexity index is 697. The molecule has 1 amide bonds. The third kappa shape index (κ3) is 3.89. The molecule has 0 aliphatic carbocycles. The minimum atomic E-state index is -0.114. The Labute approximate surface area is 148 Å². The van der Waals surface area contributed by atoms with Crippen LogP contribution < -0.4 is 15.1 Å². The molecule has 2 aromatic rings. The maximum atomic E-state index is 12.5. The van der Waals surface area contributed by atoms with Crippen LogP contribution in [0.25, 0.3) is 0 Å². The third-order valence-corrected chi connectivity index (χ3v) is 4.79. The number of amides is 1. The summed E-state index contributed by atoms with van der Waals surface area (Å²) in [6.07, 6.45) is 0. The maximum absolute atomic E-state index is 12.5. The fourth-order valence-electron chi connectivity index (χ4n) is 3.09. The van der Waals surface area contributed by atoms with E-state index in [2.05, 4.69) is 17.1 Å². The van der Waals surface area contributed by atoms with Crippen molar-refractivity contribution >= 4 is 28.9 Å². The molecular formula is C19H23ClN3O+. The first-order valence-corrected chi connectivity index (χ1v) is 8.79. The highest BCUT2D eigenvalue weighted by Gasteiger charge is 2.21. The van der Waals surface area contributed by atoms with Crippen LogP contribution in [0, 0.1) is 0 Å². The number of benzene rings is 2. The molecule has 1 saturated heterocycles. The molecule has 24 heavy (non-hydrogen) atoms. The molecule has 1 aliphatic heterocycles. The summed E-state index contributed by atoms with van der Waals surface area (Å²) in [5.74, 6) is -0.114. The van der Waals surface area contributed by atoms with E-state index in [1.54, 1.807) is 4.90 Å². The van der Waals surface area contributed by atoms with Gasteiger partial charge < -0.3 is 15.1 Å². The lowest BCUT2D eigenvalue weighted by Crippen LogP contribution is -3.14. The van der Waals surface area contributed by atoms with E-state index >= 15 is 0 Å². The van der Waals surface area contributed by atoms with Crippen molar-refractivity contribution in [2.75, 3.05) is 42.9 Å². The van der Waals surface area contributed by atoms with Crippen molar-refractivity contribution in [3.8, 4) is 0 Å². The average molecular weight is 345 g/mol. The van der Waals surface area contributed by atoms with Crippen molar-refractivity contribution in [2.45, 2.75) is 6.92 Å². The Balaban J connectivity index is 1.80. The van der Waals surface area contributed by atoms with Crippen LogP contribution in [-0.4, -0.2) is 38.6 Å². The number of rotatable bonds is 4. The Hall–Kier alpha value is -2.04. The number of hydrogen-bond acceptors (Lipinski definition) is 2. The highest BCUT2D eigenvalue weighted by Crippen LogP contribution is 2.29. The summed E-state index contributed by atoms with van der Waals surface area (Å²) < 4.78 is 0. The molecule has 1 fully saturated rings. The molecule has 0 atom stereocenters. The normalized spacial score (nSPS) is 15.3. The van der Waals surface area contributed by atoms with Crippen LogP contribution >= 0.6 is 11.6 Å². The van der Waals surface area contributed by atoms with Gasteiger partial charge in [0.05, 0.1) is 44.1 Å². The van der Waals surface area contributed by atoms with E-state index in [4.69, 9.17) is 11.6 Å². The van der Waals surface area contributed by atoms with Crippen LogP contribution in [0.4, 0.5) is 11.4 Å². The Morgan fingerprint density at radius 1 is 1.17 bits per heavy atom. The van der Waals surface area contributed by atoms with Gasteiger partial charge in [0, 0.05) is 10.6 Å². The number of nitrogens with one attached hydrogen (secondary N) is 2. The zero-order valence-corrected chi connectivity index (χ0v) is 14.6. The van der Waals surface area contributed by atoms with Crippen molar-refractivity contribution in [3.63, 3.8) is 0 Å². The second kappa shape index (κ2) is 7.69. The van der Waals surface area contributed by atoms with Crippen LogP contribution in [0.2, 0.25) is 5.02 Å². The lowest BCUT2D eigenvalue weighted by atomic mass is 10.1. The zero-order valence-electron chi connectivity index (χ0n) is 13.9. The van der Waals surface area contributed by atoms with Crippen molar-refractivity contribution in [1.29, 1.82) is 0 Å². The summed E-state index contributed by atoms with van der Waals surface area (Å²) in [5.41, 5.74) is 2.46. The maximum Gasteiger partial charge on any atom is 0.255 e. The van der Waals surface area contributed by atoms with E-state index in [9.17, 15) is 4.79 Å². The first-order chi connectivity index (χ1) is 11.7. The Kier molecular flexibility index (Phi) is 5.38. The third-order valence-electron chi connectivity index (χ3n) is 4.55. The van der Waals surface area contributed by atoms with Crippen LogP contribution in [0.3, 0.4) is 0 Å². The van der Waals surface area contributed by atoms with E-state index in [1.807, 2.05) is 48.5 Å². The van der Waals surface area contributed by atoms with Crippen molar-refractivity contribution < 1.29 is 9.69 Å². The summed E-state index contributed by atoms with van der Waals surface area (Å²) in [4.78, 5) is 16.4. The Morgan fingerprint density at radius 3 is 2.54 bits per heavy atom. The quantitative estimate of drug-likeness (QED) is 0.893.